The van der Waals surface area contributed by atoms with Gasteiger partial charge in [0.15, 0.2) is 0 Å². The van der Waals surface area contributed by atoms with E-state index in [1.54, 1.807) is 0 Å². The average molecular weight is 440 g/mol. The van der Waals surface area contributed by atoms with Crippen molar-refractivity contribution in [2.45, 2.75) is 54.4 Å². The number of rotatable bonds is 5. The monoisotopic (exact) mass is 439 g/mol. The molecule has 0 saturated carbocycles. The Morgan fingerprint density at radius 1 is 0.848 bits per heavy atom. The topological polar surface area (TPSA) is 46.9 Å². The number of para-hydroxylation sites is 1. The van der Waals surface area contributed by atoms with Gasteiger partial charge in [-0.2, -0.15) is 0 Å². The lowest BCUT2D eigenvalue weighted by atomic mass is 9.97. The molecule has 170 valence electrons. The molecule has 0 aliphatic heterocycles. The lowest BCUT2D eigenvalue weighted by Gasteiger charge is -2.13. The number of nitrogens with zero attached hydrogens (tertiary/aromatic N) is 2. The number of hydrogen-bond donors (Lipinski definition) is 1. The van der Waals surface area contributed by atoms with Crippen LogP contribution < -0.4 is 5.32 Å². The highest BCUT2D eigenvalue weighted by molar-refractivity contribution is 6.00. The van der Waals surface area contributed by atoms with Crippen molar-refractivity contribution in [2.24, 2.45) is 7.05 Å². The van der Waals surface area contributed by atoms with Crippen LogP contribution in [-0.2, 0) is 24.7 Å². The number of imidazole rings is 1. The van der Waals surface area contributed by atoms with Crippen molar-refractivity contribution < 1.29 is 4.79 Å². The molecule has 4 nitrogen and oxygen atoms in total. The Hall–Kier alpha value is -3.40. The fraction of sp³-hybridized carbons (Fsp3) is 0.310. The molecule has 3 aromatic carbocycles. The first-order chi connectivity index (χ1) is 15.6. The molecule has 4 rings (SSSR count). The SMILES string of the molecule is Cc1cc(C)c(CC(=O)Nc2cccc3nc(Cc4c(C)cc(C)cc4C)n(C)c23)c(C)c1. The standard InChI is InChI=1S/C29H33N3O/c1-17-11-19(3)23(20(4)12-17)15-27-30-25-9-8-10-26(29(25)32(27)7)31-28(33)16-24-21(5)13-18(2)14-22(24)6/h8-14H,15-16H2,1-7H3,(H,31,33). The van der Waals surface area contributed by atoms with Crippen LogP contribution in [0, 0.1) is 41.5 Å². The zero-order chi connectivity index (χ0) is 23.9. The van der Waals surface area contributed by atoms with Crippen LogP contribution >= 0.6 is 0 Å². The summed E-state index contributed by atoms with van der Waals surface area (Å²) < 4.78 is 2.12. The number of carbonyl (C=O) groups excluding carboxylic acids is 1. The number of benzene rings is 3. The Bertz CT molecular complexity index is 1330. The molecule has 0 bridgehead atoms. The molecule has 1 aromatic heterocycles. The first-order valence-electron chi connectivity index (χ1n) is 11.5. The van der Waals surface area contributed by atoms with Gasteiger partial charge in [-0.15, -0.1) is 0 Å². The Kier molecular flexibility index (Phi) is 6.11. The fourth-order valence-electron chi connectivity index (χ4n) is 5.07. The fourth-order valence-corrected chi connectivity index (χ4v) is 5.07. The Balaban J connectivity index is 1.64. The molecule has 33 heavy (non-hydrogen) atoms. The first kappa shape index (κ1) is 22.8. The minimum absolute atomic E-state index is 0.00877. The minimum Gasteiger partial charge on any atom is -0.329 e. The highest BCUT2D eigenvalue weighted by Gasteiger charge is 2.16. The molecule has 0 radical (unpaired) electrons. The quantitative estimate of drug-likeness (QED) is 0.403. The van der Waals surface area contributed by atoms with Crippen LogP contribution in [0.3, 0.4) is 0 Å². The predicted molar refractivity (Wildman–Crippen MR) is 137 cm³/mol. The number of aryl methyl sites for hydroxylation is 7. The van der Waals surface area contributed by atoms with Gasteiger partial charge in [0.05, 0.1) is 23.1 Å². The molecule has 0 aliphatic rings. The summed E-state index contributed by atoms with van der Waals surface area (Å²) in [6, 6.07) is 14.7. The molecule has 0 unspecified atom stereocenters. The highest BCUT2D eigenvalue weighted by Crippen LogP contribution is 2.27. The second-order valence-corrected chi connectivity index (χ2v) is 9.42. The summed E-state index contributed by atoms with van der Waals surface area (Å²) in [7, 11) is 2.04. The molecular formula is C29H33N3O. The van der Waals surface area contributed by atoms with Crippen molar-refractivity contribution in [1.29, 1.82) is 0 Å². The molecule has 0 spiro atoms. The van der Waals surface area contributed by atoms with Crippen LogP contribution in [0.25, 0.3) is 11.0 Å². The lowest BCUT2D eigenvalue weighted by Crippen LogP contribution is -2.16. The van der Waals surface area contributed by atoms with E-state index in [0.717, 1.165) is 45.7 Å². The number of amides is 1. The van der Waals surface area contributed by atoms with Crippen LogP contribution in [0.1, 0.15) is 50.3 Å². The molecule has 0 aliphatic carbocycles. The lowest BCUT2D eigenvalue weighted by molar-refractivity contribution is -0.115. The second-order valence-electron chi connectivity index (χ2n) is 9.42. The summed E-state index contributed by atoms with van der Waals surface area (Å²) in [6.07, 6.45) is 1.12. The summed E-state index contributed by atoms with van der Waals surface area (Å²) in [4.78, 5) is 17.9. The van der Waals surface area contributed by atoms with E-state index in [-0.39, 0.29) is 5.91 Å². The smallest absolute Gasteiger partial charge is 0.228 e. The average Bonchev–Trinajstić information content (AvgIpc) is 3.04. The van der Waals surface area contributed by atoms with Crippen molar-refractivity contribution in [3.05, 3.63) is 92.8 Å². The largest absolute Gasteiger partial charge is 0.329 e. The summed E-state index contributed by atoms with van der Waals surface area (Å²) in [6.45, 7) is 12.7. The maximum atomic E-state index is 13.0. The van der Waals surface area contributed by atoms with Gasteiger partial charge in [-0.1, -0.05) is 41.5 Å². The molecule has 4 aromatic rings. The maximum absolute atomic E-state index is 13.0. The molecule has 1 heterocycles. The minimum atomic E-state index is -0.00877. The second kappa shape index (κ2) is 8.86. The summed E-state index contributed by atoms with van der Waals surface area (Å²) in [5.74, 6) is 0.984. The normalized spacial score (nSPS) is 11.2. The first-order valence-corrected chi connectivity index (χ1v) is 11.5. The number of carbonyl (C=O) groups is 1. The molecule has 1 N–H and O–H groups in total. The third-order valence-corrected chi connectivity index (χ3v) is 6.61. The van der Waals surface area contributed by atoms with Crippen LogP contribution in [0.15, 0.2) is 42.5 Å². The van der Waals surface area contributed by atoms with Crippen LogP contribution in [0.4, 0.5) is 5.69 Å². The van der Waals surface area contributed by atoms with Crippen LogP contribution in [-0.4, -0.2) is 15.5 Å². The van der Waals surface area contributed by atoms with Crippen LogP contribution in [0.2, 0.25) is 0 Å². The van der Waals surface area contributed by atoms with Crippen molar-refractivity contribution in [2.75, 3.05) is 5.32 Å². The summed E-state index contributed by atoms with van der Waals surface area (Å²) >= 11 is 0. The van der Waals surface area contributed by atoms with Gasteiger partial charge >= 0.3 is 0 Å². The summed E-state index contributed by atoms with van der Waals surface area (Å²) in [5.41, 5.74) is 12.5. The van der Waals surface area contributed by atoms with E-state index in [1.165, 1.54) is 27.8 Å². The number of hydrogen-bond acceptors (Lipinski definition) is 2. The van der Waals surface area contributed by atoms with E-state index in [1.807, 2.05) is 25.2 Å². The van der Waals surface area contributed by atoms with Gasteiger partial charge in [-0.05, 0) is 87.1 Å². The Morgan fingerprint density at radius 2 is 1.39 bits per heavy atom. The van der Waals surface area contributed by atoms with E-state index >= 15 is 0 Å². The van der Waals surface area contributed by atoms with Crippen molar-refractivity contribution in [3.63, 3.8) is 0 Å². The maximum Gasteiger partial charge on any atom is 0.228 e. The summed E-state index contributed by atoms with van der Waals surface area (Å²) in [5, 5.41) is 3.15. The third-order valence-electron chi connectivity index (χ3n) is 6.61. The van der Waals surface area contributed by atoms with E-state index in [4.69, 9.17) is 4.98 Å². The van der Waals surface area contributed by atoms with Gasteiger partial charge in [0.2, 0.25) is 5.91 Å². The van der Waals surface area contributed by atoms with Crippen LogP contribution in [0.5, 0.6) is 0 Å². The Morgan fingerprint density at radius 3 is 1.97 bits per heavy atom. The van der Waals surface area contributed by atoms with Gasteiger partial charge in [0, 0.05) is 13.5 Å². The zero-order valence-corrected chi connectivity index (χ0v) is 20.8. The predicted octanol–water partition coefficient (Wildman–Crippen LogP) is 6.20. The van der Waals surface area contributed by atoms with Crippen molar-refractivity contribution >= 4 is 22.6 Å². The van der Waals surface area contributed by atoms with Gasteiger partial charge in [-0.3, -0.25) is 4.79 Å². The van der Waals surface area contributed by atoms with Gasteiger partial charge in [-0.25, -0.2) is 4.98 Å². The molecule has 0 fully saturated rings. The molecule has 1 amide bonds. The van der Waals surface area contributed by atoms with E-state index in [0.29, 0.717) is 6.42 Å². The van der Waals surface area contributed by atoms with Crippen molar-refractivity contribution in [1.82, 2.24) is 9.55 Å². The van der Waals surface area contributed by atoms with E-state index < -0.39 is 0 Å². The Labute approximate surface area is 196 Å². The van der Waals surface area contributed by atoms with E-state index in [9.17, 15) is 4.79 Å². The molecule has 0 atom stereocenters. The van der Waals surface area contributed by atoms with Crippen molar-refractivity contribution in [3.8, 4) is 0 Å². The molecule has 4 heteroatoms. The van der Waals surface area contributed by atoms with Gasteiger partial charge in [0.25, 0.3) is 0 Å². The van der Waals surface area contributed by atoms with E-state index in [2.05, 4.69) is 75.7 Å². The third kappa shape index (κ3) is 4.56. The van der Waals surface area contributed by atoms with Gasteiger partial charge < -0.3 is 9.88 Å². The highest BCUT2D eigenvalue weighted by atomic mass is 16.1. The number of anilines is 1. The molecular weight excluding hydrogens is 406 g/mol. The zero-order valence-electron chi connectivity index (χ0n) is 20.8. The molecule has 0 saturated heterocycles. The number of nitrogens with one attached hydrogen (secondary N) is 1. The number of fused-ring (bicyclic) bond motifs is 1. The van der Waals surface area contributed by atoms with Gasteiger partial charge in [0.1, 0.15) is 5.82 Å². The number of aromatic nitrogens is 2.